The van der Waals surface area contributed by atoms with E-state index in [1.54, 1.807) is 18.2 Å². The Morgan fingerprint density at radius 3 is 2.43 bits per heavy atom. The highest BCUT2D eigenvalue weighted by molar-refractivity contribution is 6.36. The lowest BCUT2D eigenvalue weighted by Gasteiger charge is -2.27. The van der Waals surface area contributed by atoms with Crippen LogP contribution in [0.5, 0.6) is 0 Å². The molecule has 0 radical (unpaired) electrons. The van der Waals surface area contributed by atoms with E-state index in [4.69, 9.17) is 37.4 Å². The number of amides is 1. The number of hydrogen-bond donors (Lipinski definition) is 1. The number of carbonyl (C=O) groups is 1. The van der Waals surface area contributed by atoms with E-state index in [1.807, 2.05) is 6.92 Å². The maximum Gasteiger partial charge on any atom is 0.407 e. The van der Waals surface area contributed by atoms with Crippen LogP contribution in [0.15, 0.2) is 18.2 Å². The lowest BCUT2D eigenvalue weighted by Crippen LogP contribution is -2.32. The van der Waals surface area contributed by atoms with Crippen LogP contribution in [0.3, 0.4) is 0 Å². The summed E-state index contributed by atoms with van der Waals surface area (Å²) in [6.07, 6.45) is -1.18. The van der Waals surface area contributed by atoms with E-state index in [0.717, 1.165) is 0 Å². The van der Waals surface area contributed by atoms with Crippen molar-refractivity contribution in [2.75, 3.05) is 21.0 Å². The number of hydrogen-bond acceptors (Lipinski definition) is 4. The van der Waals surface area contributed by atoms with E-state index in [1.165, 1.54) is 14.2 Å². The van der Waals surface area contributed by atoms with Gasteiger partial charge in [0.1, 0.15) is 19.0 Å². The van der Waals surface area contributed by atoms with Crippen LogP contribution in [0.2, 0.25) is 10.0 Å². The van der Waals surface area contributed by atoms with Crippen molar-refractivity contribution in [3.8, 4) is 0 Å². The molecule has 0 spiro atoms. The lowest BCUT2D eigenvalue weighted by molar-refractivity contribution is -0.116. The predicted octanol–water partition coefficient (Wildman–Crippen LogP) is 3.79. The van der Waals surface area contributed by atoms with Crippen molar-refractivity contribution in [3.63, 3.8) is 0 Å². The van der Waals surface area contributed by atoms with Crippen LogP contribution in [0.4, 0.5) is 4.79 Å². The van der Waals surface area contributed by atoms with Gasteiger partial charge in [-0.15, -0.1) is 0 Å². The SMILES string of the molecule is CC[C@@H](OC(=O)NC)[C@H](OCOC)c1c(Cl)cccc1Cl. The van der Waals surface area contributed by atoms with Gasteiger partial charge in [0.2, 0.25) is 0 Å². The molecule has 0 saturated heterocycles. The second kappa shape index (κ2) is 9.10. The molecule has 0 bridgehead atoms. The molecule has 0 aliphatic carbocycles. The van der Waals surface area contributed by atoms with Crippen LogP contribution in [0, 0.1) is 0 Å². The molecule has 0 aromatic heterocycles. The van der Waals surface area contributed by atoms with E-state index < -0.39 is 18.3 Å². The number of ether oxygens (including phenoxy) is 3. The van der Waals surface area contributed by atoms with Gasteiger partial charge in [0.25, 0.3) is 0 Å². The number of alkyl carbamates (subject to hydrolysis) is 1. The molecular weight excluding hydrogens is 317 g/mol. The van der Waals surface area contributed by atoms with Crippen LogP contribution in [-0.2, 0) is 14.2 Å². The third-order valence-electron chi connectivity index (χ3n) is 2.85. The first kappa shape index (κ1) is 18.0. The summed E-state index contributed by atoms with van der Waals surface area (Å²) in [5.74, 6) is 0. The molecule has 0 unspecified atom stereocenters. The van der Waals surface area contributed by atoms with E-state index in [2.05, 4.69) is 5.32 Å². The Hall–Kier alpha value is -1.01. The number of carbonyl (C=O) groups excluding carboxylic acids is 1. The van der Waals surface area contributed by atoms with Crippen molar-refractivity contribution in [1.82, 2.24) is 5.32 Å². The van der Waals surface area contributed by atoms with Gasteiger partial charge >= 0.3 is 6.09 Å². The zero-order chi connectivity index (χ0) is 15.8. The number of halogens is 2. The van der Waals surface area contributed by atoms with Gasteiger partial charge in [0.15, 0.2) is 0 Å². The number of rotatable bonds is 7. The lowest BCUT2D eigenvalue weighted by atomic mass is 10.0. The molecule has 2 atom stereocenters. The molecule has 1 rings (SSSR count). The first-order chi connectivity index (χ1) is 10.0. The first-order valence-electron chi connectivity index (χ1n) is 6.47. The van der Waals surface area contributed by atoms with Crippen molar-refractivity contribution < 1.29 is 19.0 Å². The van der Waals surface area contributed by atoms with Gasteiger partial charge in [-0.3, -0.25) is 0 Å². The van der Waals surface area contributed by atoms with Crippen LogP contribution in [0.25, 0.3) is 0 Å². The van der Waals surface area contributed by atoms with Gasteiger partial charge in [-0.25, -0.2) is 4.79 Å². The number of methoxy groups -OCH3 is 1. The van der Waals surface area contributed by atoms with Crippen LogP contribution in [-0.4, -0.2) is 33.1 Å². The van der Waals surface area contributed by atoms with E-state index in [0.29, 0.717) is 22.0 Å². The Bertz CT molecular complexity index is 450. The average Bonchev–Trinajstić information content (AvgIpc) is 2.47. The van der Waals surface area contributed by atoms with Crippen LogP contribution < -0.4 is 5.32 Å². The van der Waals surface area contributed by atoms with E-state index in [9.17, 15) is 4.79 Å². The topological polar surface area (TPSA) is 56.8 Å². The van der Waals surface area contributed by atoms with Gasteiger partial charge in [-0.2, -0.15) is 0 Å². The third-order valence-corrected chi connectivity index (χ3v) is 3.51. The highest BCUT2D eigenvalue weighted by Gasteiger charge is 2.29. The Morgan fingerprint density at radius 2 is 1.95 bits per heavy atom. The van der Waals surface area contributed by atoms with Gasteiger partial charge in [-0.1, -0.05) is 36.2 Å². The molecular formula is C14H19Cl2NO4. The summed E-state index contributed by atoms with van der Waals surface area (Å²) in [6.45, 7) is 1.90. The van der Waals surface area contributed by atoms with Gasteiger partial charge in [0.05, 0.1) is 0 Å². The van der Waals surface area contributed by atoms with Gasteiger partial charge < -0.3 is 19.5 Å². The molecule has 21 heavy (non-hydrogen) atoms. The molecule has 1 N–H and O–H groups in total. The fraction of sp³-hybridized carbons (Fsp3) is 0.500. The molecule has 118 valence electrons. The molecule has 0 aliphatic heterocycles. The quantitative estimate of drug-likeness (QED) is 0.770. The maximum atomic E-state index is 11.5. The molecule has 0 aliphatic rings. The minimum absolute atomic E-state index is 0.0276. The smallest absolute Gasteiger partial charge is 0.407 e. The monoisotopic (exact) mass is 335 g/mol. The maximum absolute atomic E-state index is 11.5. The Morgan fingerprint density at radius 1 is 1.33 bits per heavy atom. The molecule has 1 amide bonds. The highest BCUT2D eigenvalue weighted by Crippen LogP contribution is 2.36. The van der Waals surface area contributed by atoms with E-state index in [-0.39, 0.29) is 6.79 Å². The molecule has 0 heterocycles. The van der Waals surface area contributed by atoms with E-state index >= 15 is 0 Å². The average molecular weight is 336 g/mol. The molecule has 0 saturated carbocycles. The Balaban J connectivity index is 3.10. The Kier molecular flexibility index (Phi) is 7.82. The highest BCUT2D eigenvalue weighted by atomic mass is 35.5. The minimum Gasteiger partial charge on any atom is -0.443 e. The van der Waals surface area contributed by atoms with Crippen molar-refractivity contribution in [2.24, 2.45) is 0 Å². The summed E-state index contributed by atoms with van der Waals surface area (Å²) in [7, 11) is 2.99. The second-order valence-corrected chi connectivity index (χ2v) is 5.05. The summed E-state index contributed by atoms with van der Waals surface area (Å²) in [6, 6.07) is 5.15. The standard InChI is InChI=1S/C14H19Cl2NO4/c1-4-11(21-14(18)17-2)13(20-8-19-3)12-9(15)6-5-7-10(12)16/h5-7,11,13H,4,8H2,1-3H3,(H,17,18)/t11-,13+/m1/s1. The predicted molar refractivity (Wildman–Crippen MR) is 81.8 cm³/mol. The van der Waals surface area contributed by atoms with Crippen molar-refractivity contribution in [1.29, 1.82) is 0 Å². The fourth-order valence-corrected chi connectivity index (χ4v) is 2.47. The normalized spacial score (nSPS) is 13.6. The summed E-state index contributed by atoms with van der Waals surface area (Å²) in [5, 5.41) is 3.30. The summed E-state index contributed by atoms with van der Waals surface area (Å²) < 4.78 is 15.9. The van der Waals surface area contributed by atoms with Gasteiger partial charge in [0, 0.05) is 29.8 Å². The van der Waals surface area contributed by atoms with Crippen LogP contribution in [0.1, 0.15) is 25.0 Å². The molecule has 1 aromatic rings. The number of nitrogens with one attached hydrogen (secondary N) is 1. The molecule has 0 fully saturated rings. The van der Waals surface area contributed by atoms with Crippen molar-refractivity contribution >= 4 is 29.3 Å². The first-order valence-corrected chi connectivity index (χ1v) is 7.23. The number of benzene rings is 1. The Labute approximate surface area is 134 Å². The third kappa shape index (κ3) is 5.04. The second-order valence-electron chi connectivity index (χ2n) is 4.23. The van der Waals surface area contributed by atoms with Gasteiger partial charge in [-0.05, 0) is 18.6 Å². The van der Waals surface area contributed by atoms with Crippen LogP contribution >= 0.6 is 23.2 Å². The fourth-order valence-electron chi connectivity index (χ4n) is 1.86. The summed E-state index contributed by atoms with van der Waals surface area (Å²) >= 11 is 12.4. The zero-order valence-electron chi connectivity index (χ0n) is 12.2. The minimum atomic E-state index is -0.617. The van der Waals surface area contributed by atoms with Crippen molar-refractivity contribution in [2.45, 2.75) is 25.6 Å². The zero-order valence-corrected chi connectivity index (χ0v) is 13.7. The summed E-state index contributed by atoms with van der Waals surface area (Å²) in [4.78, 5) is 11.5. The van der Waals surface area contributed by atoms with Crippen molar-refractivity contribution in [3.05, 3.63) is 33.8 Å². The molecule has 5 nitrogen and oxygen atoms in total. The molecule has 1 aromatic carbocycles. The summed E-state index contributed by atoms with van der Waals surface area (Å²) in [5.41, 5.74) is 0.577. The largest absolute Gasteiger partial charge is 0.443 e. The molecule has 7 heteroatoms.